The molecule has 218 valence electrons. The van der Waals surface area contributed by atoms with Crippen molar-refractivity contribution in [1.29, 1.82) is 0 Å². The second kappa shape index (κ2) is 13.2. The van der Waals surface area contributed by atoms with Crippen LogP contribution < -0.4 is 15.4 Å². The van der Waals surface area contributed by atoms with E-state index in [1.54, 1.807) is 6.33 Å². The number of carbonyl (C=O) groups excluding carboxylic acids is 1. The van der Waals surface area contributed by atoms with Gasteiger partial charge in [0.15, 0.2) is 5.69 Å². The second-order valence-electron chi connectivity index (χ2n) is 11.3. The third kappa shape index (κ3) is 6.73. The van der Waals surface area contributed by atoms with Crippen molar-refractivity contribution in [2.45, 2.75) is 70.0 Å². The number of carbonyl (C=O) groups is 2. The molecule has 0 bridgehead atoms. The number of carboxylic acid groups (broad SMARTS) is 1. The Kier molecular flexibility index (Phi) is 9.24. The lowest BCUT2D eigenvalue weighted by Gasteiger charge is -2.36. The fraction of sp³-hybridized carbons (Fsp3) is 0.469. The Morgan fingerprint density at radius 2 is 1.85 bits per heavy atom. The number of amides is 2. The molecule has 2 fully saturated rings. The van der Waals surface area contributed by atoms with E-state index in [9.17, 15) is 14.7 Å². The Bertz CT molecular complexity index is 1310. The van der Waals surface area contributed by atoms with Gasteiger partial charge >= 0.3 is 6.09 Å². The molecule has 5 rings (SSSR count). The van der Waals surface area contributed by atoms with E-state index in [0.717, 1.165) is 42.7 Å². The Hall–Kier alpha value is -3.85. The molecule has 0 unspecified atom stereocenters. The molecule has 0 radical (unpaired) electrons. The van der Waals surface area contributed by atoms with Crippen LogP contribution in [0.5, 0.6) is 5.75 Å². The molecule has 0 spiro atoms. The van der Waals surface area contributed by atoms with Gasteiger partial charge in [0.05, 0.1) is 30.7 Å². The highest BCUT2D eigenvalue weighted by Gasteiger charge is 2.35. The van der Waals surface area contributed by atoms with E-state index >= 15 is 0 Å². The van der Waals surface area contributed by atoms with E-state index in [4.69, 9.17) is 4.74 Å². The molecule has 3 aromatic rings. The quantitative estimate of drug-likeness (QED) is 0.328. The van der Waals surface area contributed by atoms with E-state index < -0.39 is 6.09 Å². The van der Waals surface area contributed by atoms with Crippen LogP contribution in [0.25, 0.3) is 11.3 Å². The molecule has 3 N–H and O–H groups in total. The number of aromatic nitrogens is 2. The number of rotatable bonds is 9. The van der Waals surface area contributed by atoms with Crippen molar-refractivity contribution in [2.75, 3.05) is 26.2 Å². The SMILES string of the molecule is CC(C)c1ccc(OCC[C@@H]2CNCCN2C(=O)c2ncn([C@H]3CCCC[C@@H]3NC(=O)O)c2-c2ccccc2)cc1. The van der Waals surface area contributed by atoms with Gasteiger partial charge in [0, 0.05) is 37.7 Å². The van der Waals surface area contributed by atoms with Crippen molar-refractivity contribution >= 4 is 12.0 Å². The highest BCUT2D eigenvalue weighted by atomic mass is 16.5. The zero-order valence-electron chi connectivity index (χ0n) is 24.0. The number of hydrogen-bond acceptors (Lipinski definition) is 5. The molecular weight excluding hydrogens is 518 g/mol. The number of nitrogens with zero attached hydrogens (tertiary/aromatic N) is 3. The number of nitrogens with one attached hydrogen (secondary N) is 2. The first-order valence-electron chi connectivity index (χ1n) is 14.8. The highest BCUT2D eigenvalue weighted by molar-refractivity contribution is 5.98. The Morgan fingerprint density at radius 1 is 1.10 bits per heavy atom. The lowest BCUT2D eigenvalue weighted by molar-refractivity contribution is 0.0601. The molecule has 3 atom stereocenters. The first-order chi connectivity index (χ1) is 19.9. The van der Waals surface area contributed by atoms with Crippen LogP contribution in [0.4, 0.5) is 4.79 Å². The Labute approximate surface area is 241 Å². The van der Waals surface area contributed by atoms with E-state index in [2.05, 4.69) is 41.6 Å². The van der Waals surface area contributed by atoms with E-state index in [1.165, 1.54) is 5.56 Å². The van der Waals surface area contributed by atoms with Crippen molar-refractivity contribution in [3.05, 3.63) is 72.2 Å². The summed E-state index contributed by atoms with van der Waals surface area (Å²) in [7, 11) is 0. The molecule has 2 aliphatic rings. The molecule has 1 saturated heterocycles. The summed E-state index contributed by atoms with van der Waals surface area (Å²) in [6, 6.07) is 17.7. The smallest absolute Gasteiger partial charge is 0.404 e. The van der Waals surface area contributed by atoms with Gasteiger partial charge in [0.2, 0.25) is 0 Å². The fourth-order valence-electron chi connectivity index (χ4n) is 6.11. The summed E-state index contributed by atoms with van der Waals surface area (Å²) in [5, 5.41) is 15.6. The molecule has 2 amide bonds. The van der Waals surface area contributed by atoms with Gasteiger partial charge in [-0.1, -0.05) is 69.2 Å². The summed E-state index contributed by atoms with van der Waals surface area (Å²) >= 11 is 0. The average molecular weight is 560 g/mol. The van der Waals surface area contributed by atoms with E-state index in [1.807, 2.05) is 51.9 Å². The van der Waals surface area contributed by atoms with Gasteiger partial charge in [-0.3, -0.25) is 4.79 Å². The molecule has 41 heavy (non-hydrogen) atoms. The van der Waals surface area contributed by atoms with Gasteiger partial charge in [0.1, 0.15) is 5.75 Å². The summed E-state index contributed by atoms with van der Waals surface area (Å²) in [6.07, 6.45) is 4.93. The Morgan fingerprint density at radius 3 is 2.59 bits per heavy atom. The van der Waals surface area contributed by atoms with Gasteiger partial charge in [-0.2, -0.15) is 0 Å². The first-order valence-corrected chi connectivity index (χ1v) is 14.8. The minimum atomic E-state index is -1.03. The molecule has 2 aromatic carbocycles. The zero-order valence-corrected chi connectivity index (χ0v) is 24.0. The molecule has 9 heteroatoms. The molecule has 1 saturated carbocycles. The normalized spacial score (nSPS) is 21.0. The maximum Gasteiger partial charge on any atom is 0.404 e. The van der Waals surface area contributed by atoms with Gasteiger partial charge in [0.25, 0.3) is 5.91 Å². The summed E-state index contributed by atoms with van der Waals surface area (Å²) in [4.78, 5) is 32.3. The van der Waals surface area contributed by atoms with Gasteiger partial charge in [-0.25, -0.2) is 9.78 Å². The van der Waals surface area contributed by atoms with Crippen LogP contribution in [-0.4, -0.2) is 69.9 Å². The largest absolute Gasteiger partial charge is 0.494 e. The number of piperazine rings is 1. The van der Waals surface area contributed by atoms with Crippen molar-refractivity contribution in [3.8, 4) is 17.0 Å². The molecule has 1 aromatic heterocycles. The van der Waals surface area contributed by atoms with Crippen molar-refractivity contribution in [2.24, 2.45) is 0 Å². The summed E-state index contributed by atoms with van der Waals surface area (Å²) in [6.45, 7) is 6.83. The third-order valence-corrected chi connectivity index (χ3v) is 8.32. The summed E-state index contributed by atoms with van der Waals surface area (Å²) < 4.78 is 8.09. The maximum absolute atomic E-state index is 14.2. The van der Waals surface area contributed by atoms with Gasteiger partial charge in [-0.05, 0) is 36.5 Å². The fourth-order valence-corrected chi connectivity index (χ4v) is 6.11. The standard InChI is InChI=1S/C32H41N5O4/c1-22(2)23-12-14-26(15-13-23)41-19-16-25-20-33-17-18-36(25)31(38)29-30(24-8-4-3-5-9-24)37(21-34-29)28-11-7-6-10-27(28)35-32(39)40/h3-5,8-9,12-15,21-22,25,27-28,33,35H,6-7,10-11,16-20H2,1-2H3,(H,39,40)/t25-,27+,28+/m1/s1. The van der Waals surface area contributed by atoms with Gasteiger partial charge in [-0.15, -0.1) is 0 Å². The van der Waals surface area contributed by atoms with Crippen LogP contribution in [0.2, 0.25) is 0 Å². The topological polar surface area (TPSA) is 109 Å². The van der Waals surface area contributed by atoms with Gasteiger partial charge < -0.3 is 29.9 Å². The minimum absolute atomic E-state index is 0.0314. The monoisotopic (exact) mass is 559 g/mol. The predicted molar refractivity (Wildman–Crippen MR) is 158 cm³/mol. The maximum atomic E-state index is 14.2. The zero-order chi connectivity index (χ0) is 28.8. The molecule has 9 nitrogen and oxygen atoms in total. The second-order valence-corrected chi connectivity index (χ2v) is 11.3. The van der Waals surface area contributed by atoms with Crippen molar-refractivity contribution in [3.63, 3.8) is 0 Å². The van der Waals surface area contributed by atoms with Crippen LogP contribution in [0, 0.1) is 0 Å². The predicted octanol–water partition coefficient (Wildman–Crippen LogP) is 5.31. The lowest BCUT2D eigenvalue weighted by Crippen LogP contribution is -2.54. The molecule has 2 heterocycles. The van der Waals surface area contributed by atoms with Crippen molar-refractivity contribution in [1.82, 2.24) is 25.1 Å². The number of imidazole rings is 1. The third-order valence-electron chi connectivity index (χ3n) is 8.32. The number of hydrogen-bond donors (Lipinski definition) is 3. The van der Waals surface area contributed by atoms with Crippen LogP contribution >= 0.6 is 0 Å². The highest BCUT2D eigenvalue weighted by Crippen LogP contribution is 2.35. The number of ether oxygens (including phenoxy) is 1. The van der Waals surface area contributed by atoms with Crippen molar-refractivity contribution < 1.29 is 19.4 Å². The van der Waals surface area contributed by atoms with E-state index in [-0.39, 0.29) is 24.0 Å². The molecule has 1 aliphatic carbocycles. The molecule has 1 aliphatic heterocycles. The summed E-state index contributed by atoms with van der Waals surface area (Å²) in [5.41, 5.74) is 3.33. The van der Waals surface area contributed by atoms with Crippen LogP contribution in [0.1, 0.15) is 74.0 Å². The Balaban J connectivity index is 1.37. The summed E-state index contributed by atoms with van der Waals surface area (Å²) in [5.74, 6) is 1.20. The van der Waals surface area contributed by atoms with E-state index in [0.29, 0.717) is 44.3 Å². The first kappa shape index (κ1) is 28.7. The lowest BCUT2D eigenvalue weighted by atomic mass is 9.89. The number of benzene rings is 2. The minimum Gasteiger partial charge on any atom is -0.494 e. The van der Waals surface area contributed by atoms with Crippen LogP contribution in [0.3, 0.4) is 0 Å². The van der Waals surface area contributed by atoms with Crippen LogP contribution in [0.15, 0.2) is 60.9 Å². The molecular formula is C32H41N5O4. The average Bonchev–Trinajstić information content (AvgIpc) is 3.43. The van der Waals surface area contributed by atoms with Crippen LogP contribution in [-0.2, 0) is 0 Å².